The fourth-order valence-electron chi connectivity index (χ4n) is 4.29. The molecule has 2 atom stereocenters. The Morgan fingerprint density at radius 1 is 1.03 bits per heavy atom. The number of hydrogen-bond donors (Lipinski definition) is 0. The number of benzene rings is 2. The number of hydrogen-bond acceptors (Lipinski definition) is 5. The van der Waals surface area contributed by atoms with Gasteiger partial charge in [0.2, 0.25) is 15.9 Å². The highest BCUT2D eigenvalue weighted by atomic mass is 32.2. The number of ether oxygens (including phenoxy) is 1. The summed E-state index contributed by atoms with van der Waals surface area (Å²) in [6.45, 7) is 2.15. The lowest BCUT2D eigenvalue weighted by atomic mass is 10.1. The number of rotatable bonds is 4. The van der Waals surface area contributed by atoms with Gasteiger partial charge in [0.15, 0.2) is 0 Å². The summed E-state index contributed by atoms with van der Waals surface area (Å²) in [6, 6.07) is 16.6. The number of nitrogens with zero attached hydrogens (tertiary/aromatic N) is 3. The van der Waals surface area contributed by atoms with Gasteiger partial charge in [0.1, 0.15) is 16.7 Å². The molecule has 4 rings (SSSR count). The summed E-state index contributed by atoms with van der Waals surface area (Å²) in [4.78, 5) is 16.5. The molecule has 2 aromatic carbocycles. The lowest BCUT2D eigenvalue weighted by molar-refractivity contribution is -0.129. The van der Waals surface area contributed by atoms with E-state index in [9.17, 15) is 13.2 Å². The van der Waals surface area contributed by atoms with Crippen LogP contribution in [0.3, 0.4) is 0 Å². The molecular weight excluding hydrogens is 414 g/mol. The Morgan fingerprint density at radius 2 is 1.71 bits per heavy atom. The molecule has 2 heterocycles. The summed E-state index contributed by atoms with van der Waals surface area (Å²) in [7, 11) is -0.584. The molecule has 1 saturated heterocycles. The maximum atomic E-state index is 13.6. The molecule has 2 aliphatic heterocycles. The number of likely N-dealkylation sites (N-methyl/N-ethyl adjacent to an activating group) is 1. The van der Waals surface area contributed by atoms with Gasteiger partial charge in [0.25, 0.3) is 0 Å². The lowest BCUT2D eigenvalue weighted by Gasteiger charge is -2.32. The minimum atomic E-state index is -3.87. The van der Waals surface area contributed by atoms with Gasteiger partial charge >= 0.3 is 0 Å². The number of carbonyl (C=O) groups is 1. The number of para-hydroxylation sites is 1. The Bertz CT molecular complexity index is 1030. The Kier molecular flexibility index (Phi) is 6.31. The van der Waals surface area contributed by atoms with E-state index in [1.807, 2.05) is 18.2 Å². The molecule has 31 heavy (non-hydrogen) atoms. The van der Waals surface area contributed by atoms with E-state index in [0.29, 0.717) is 18.6 Å². The van der Waals surface area contributed by atoms with Gasteiger partial charge in [0.05, 0.1) is 12.6 Å². The molecule has 8 heteroatoms. The molecule has 0 bridgehead atoms. The fraction of sp³-hybridized carbons (Fsp3) is 0.435. The zero-order valence-electron chi connectivity index (χ0n) is 18.0. The van der Waals surface area contributed by atoms with Crippen LogP contribution in [0.1, 0.15) is 18.4 Å². The summed E-state index contributed by atoms with van der Waals surface area (Å²) < 4.78 is 34.8. The molecule has 7 nitrogen and oxygen atoms in total. The highest BCUT2D eigenvalue weighted by Crippen LogP contribution is 2.36. The van der Waals surface area contributed by atoms with Crippen molar-refractivity contribution in [1.82, 2.24) is 14.1 Å². The Hall–Kier alpha value is -2.42. The van der Waals surface area contributed by atoms with E-state index < -0.39 is 16.1 Å². The van der Waals surface area contributed by atoms with Crippen LogP contribution in [-0.2, 0) is 21.4 Å². The minimum absolute atomic E-state index is 0.135. The molecule has 0 N–H and O–H groups in total. The van der Waals surface area contributed by atoms with Crippen LogP contribution < -0.4 is 4.74 Å². The van der Waals surface area contributed by atoms with Crippen molar-refractivity contribution in [3.63, 3.8) is 0 Å². The van der Waals surface area contributed by atoms with E-state index in [0.717, 1.165) is 19.6 Å². The molecule has 2 aromatic rings. The maximum Gasteiger partial charge on any atom is 0.247 e. The number of carbonyl (C=O) groups excluding carboxylic acids is 1. The first-order valence-corrected chi connectivity index (χ1v) is 12.0. The van der Waals surface area contributed by atoms with E-state index in [1.165, 1.54) is 14.8 Å². The average Bonchev–Trinajstić information content (AvgIpc) is 2.99. The van der Waals surface area contributed by atoms with E-state index in [-0.39, 0.29) is 23.5 Å². The van der Waals surface area contributed by atoms with Gasteiger partial charge < -0.3 is 9.64 Å². The topological polar surface area (TPSA) is 70.2 Å². The highest BCUT2D eigenvalue weighted by molar-refractivity contribution is 7.89. The molecule has 0 aliphatic carbocycles. The third-order valence-corrected chi connectivity index (χ3v) is 7.93. The number of sulfonamides is 1. The van der Waals surface area contributed by atoms with Crippen LogP contribution in [-0.4, -0.2) is 74.3 Å². The van der Waals surface area contributed by atoms with Gasteiger partial charge in [0, 0.05) is 33.7 Å². The Morgan fingerprint density at radius 3 is 2.45 bits per heavy atom. The van der Waals surface area contributed by atoms with Crippen molar-refractivity contribution in [1.29, 1.82) is 0 Å². The van der Waals surface area contributed by atoms with Crippen molar-refractivity contribution in [3.8, 4) is 5.75 Å². The van der Waals surface area contributed by atoms with Gasteiger partial charge in [-0.1, -0.05) is 42.5 Å². The Labute approximate surface area is 184 Å². The van der Waals surface area contributed by atoms with Gasteiger partial charge in [-0.15, -0.1) is 0 Å². The van der Waals surface area contributed by atoms with E-state index in [1.54, 1.807) is 38.4 Å². The first kappa shape index (κ1) is 21.8. The van der Waals surface area contributed by atoms with Crippen molar-refractivity contribution in [2.75, 3.05) is 33.7 Å². The molecule has 2 aliphatic rings. The summed E-state index contributed by atoms with van der Waals surface area (Å²) in [5.41, 5.74) is 1.23. The summed E-state index contributed by atoms with van der Waals surface area (Å²) in [6.07, 6.45) is 0.980. The van der Waals surface area contributed by atoms with Crippen LogP contribution in [0.5, 0.6) is 5.75 Å². The SMILES string of the molecule is CN(C)C(=O)CN1[C@@H]2CCN(Cc3ccccc3)CC[C@H]2Oc2ccccc2S1(=O)=O. The highest BCUT2D eigenvalue weighted by Gasteiger charge is 2.44. The molecule has 166 valence electrons. The van der Waals surface area contributed by atoms with Crippen LogP contribution in [0.25, 0.3) is 0 Å². The minimum Gasteiger partial charge on any atom is -0.487 e. The first-order valence-electron chi connectivity index (χ1n) is 10.6. The van der Waals surface area contributed by atoms with E-state index in [2.05, 4.69) is 17.0 Å². The maximum absolute atomic E-state index is 13.6. The monoisotopic (exact) mass is 443 g/mol. The molecule has 1 fully saturated rings. The predicted molar refractivity (Wildman–Crippen MR) is 118 cm³/mol. The van der Waals surface area contributed by atoms with E-state index >= 15 is 0 Å². The fourth-order valence-corrected chi connectivity index (χ4v) is 6.04. The van der Waals surface area contributed by atoms with Crippen LogP contribution in [0.2, 0.25) is 0 Å². The standard InChI is InChI=1S/C23H29N3O4S/c1-24(2)23(27)17-26-19-12-14-25(16-18-8-4-3-5-9-18)15-13-20(19)30-21-10-6-7-11-22(21)31(26,28)29/h3-11,19-20H,12-17H2,1-2H3/t19-,20-/m1/s1. The zero-order chi connectivity index (χ0) is 22.0. The van der Waals surface area contributed by atoms with Crippen LogP contribution >= 0.6 is 0 Å². The second kappa shape index (κ2) is 8.98. The summed E-state index contributed by atoms with van der Waals surface area (Å²) in [5.74, 6) is 0.126. The quantitative estimate of drug-likeness (QED) is 0.725. The van der Waals surface area contributed by atoms with Crippen molar-refractivity contribution < 1.29 is 17.9 Å². The second-order valence-electron chi connectivity index (χ2n) is 8.35. The normalized spacial score (nSPS) is 23.5. The molecular formula is C23H29N3O4S. The third-order valence-electron chi connectivity index (χ3n) is 6.02. The van der Waals surface area contributed by atoms with Crippen molar-refractivity contribution in [2.45, 2.75) is 36.4 Å². The third kappa shape index (κ3) is 4.61. The molecule has 0 radical (unpaired) electrons. The molecule has 1 amide bonds. The van der Waals surface area contributed by atoms with Gasteiger partial charge in [-0.3, -0.25) is 9.69 Å². The van der Waals surface area contributed by atoms with Gasteiger partial charge in [-0.25, -0.2) is 8.42 Å². The smallest absolute Gasteiger partial charge is 0.247 e. The predicted octanol–water partition coefficient (Wildman–Crippen LogP) is 2.19. The summed E-state index contributed by atoms with van der Waals surface area (Å²) in [5, 5.41) is 0. The van der Waals surface area contributed by atoms with Crippen LogP contribution in [0.15, 0.2) is 59.5 Å². The summed E-state index contributed by atoms with van der Waals surface area (Å²) >= 11 is 0. The van der Waals surface area contributed by atoms with Gasteiger partial charge in [-0.2, -0.15) is 4.31 Å². The second-order valence-corrected chi connectivity index (χ2v) is 10.2. The van der Waals surface area contributed by atoms with Crippen LogP contribution in [0.4, 0.5) is 0 Å². The van der Waals surface area contributed by atoms with E-state index in [4.69, 9.17) is 4.74 Å². The van der Waals surface area contributed by atoms with Crippen molar-refractivity contribution in [2.24, 2.45) is 0 Å². The first-order chi connectivity index (χ1) is 14.9. The van der Waals surface area contributed by atoms with Crippen molar-refractivity contribution in [3.05, 3.63) is 60.2 Å². The number of likely N-dealkylation sites (tertiary alicyclic amines) is 1. The molecule has 0 aromatic heterocycles. The Balaban J connectivity index is 1.65. The lowest BCUT2D eigenvalue weighted by Crippen LogP contribution is -2.50. The van der Waals surface area contributed by atoms with Crippen LogP contribution in [0, 0.1) is 0 Å². The molecule has 0 unspecified atom stereocenters. The largest absolute Gasteiger partial charge is 0.487 e. The molecule has 0 saturated carbocycles. The number of fused-ring (bicyclic) bond motifs is 2. The zero-order valence-corrected chi connectivity index (χ0v) is 18.8. The molecule has 0 spiro atoms. The van der Waals surface area contributed by atoms with Gasteiger partial charge in [-0.05, 0) is 30.5 Å². The number of amides is 1. The average molecular weight is 444 g/mol. The van der Waals surface area contributed by atoms with Crippen molar-refractivity contribution >= 4 is 15.9 Å².